The van der Waals surface area contributed by atoms with E-state index in [9.17, 15) is 0 Å². The van der Waals surface area contributed by atoms with Crippen molar-refractivity contribution in [3.05, 3.63) is 44.8 Å². The third kappa shape index (κ3) is 3.02. The second-order valence-corrected chi connectivity index (χ2v) is 5.83. The standard InChI is InChI=1S/C14H13Cl3N2/c1-7(2)14-18-12(8(3)13(17)19-14)10-6-9(15)4-5-11(10)16/h4-7H,1-3H3. The van der Waals surface area contributed by atoms with Crippen LogP contribution in [0.5, 0.6) is 0 Å². The normalized spacial score (nSPS) is 11.1. The Hall–Kier alpha value is -0.830. The quantitative estimate of drug-likeness (QED) is 0.680. The predicted molar refractivity (Wildman–Crippen MR) is 81.3 cm³/mol. The van der Waals surface area contributed by atoms with Crippen molar-refractivity contribution in [1.29, 1.82) is 0 Å². The SMILES string of the molecule is Cc1c(Cl)nc(C(C)C)nc1-c1cc(Cl)ccc1Cl. The molecule has 0 aliphatic heterocycles. The summed E-state index contributed by atoms with van der Waals surface area (Å²) in [7, 11) is 0. The summed E-state index contributed by atoms with van der Waals surface area (Å²) < 4.78 is 0. The smallest absolute Gasteiger partial charge is 0.136 e. The highest BCUT2D eigenvalue weighted by atomic mass is 35.5. The van der Waals surface area contributed by atoms with Crippen LogP contribution >= 0.6 is 34.8 Å². The number of hydrogen-bond donors (Lipinski definition) is 0. The molecule has 0 aliphatic carbocycles. The van der Waals surface area contributed by atoms with E-state index in [0.717, 1.165) is 16.8 Å². The summed E-state index contributed by atoms with van der Waals surface area (Å²) in [4.78, 5) is 8.85. The van der Waals surface area contributed by atoms with Crippen molar-refractivity contribution in [2.24, 2.45) is 0 Å². The lowest BCUT2D eigenvalue weighted by Gasteiger charge is -2.12. The highest BCUT2D eigenvalue weighted by molar-refractivity contribution is 6.35. The third-order valence-electron chi connectivity index (χ3n) is 2.80. The maximum absolute atomic E-state index is 6.22. The Kier molecular flexibility index (Phi) is 4.34. The van der Waals surface area contributed by atoms with Gasteiger partial charge in [0.05, 0.1) is 10.7 Å². The van der Waals surface area contributed by atoms with E-state index in [4.69, 9.17) is 34.8 Å². The molecule has 1 aromatic carbocycles. The first-order chi connectivity index (χ1) is 8.90. The van der Waals surface area contributed by atoms with Crippen molar-refractivity contribution in [1.82, 2.24) is 9.97 Å². The molecule has 0 spiro atoms. The van der Waals surface area contributed by atoms with Gasteiger partial charge in [-0.3, -0.25) is 0 Å². The van der Waals surface area contributed by atoms with E-state index < -0.39 is 0 Å². The van der Waals surface area contributed by atoms with Crippen molar-refractivity contribution in [2.45, 2.75) is 26.7 Å². The number of halogens is 3. The molecule has 0 bridgehead atoms. The molecular weight excluding hydrogens is 303 g/mol. The molecule has 5 heteroatoms. The Morgan fingerprint density at radius 2 is 1.74 bits per heavy atom. The van der Waals surface area contributed by atoms with Gasteiger partial charge in [-0.1, -0.05) is 48.7 Å². The maximum atomic E-state index is 6.22. The molecule has 0 radical (unpaired) electrons. The average molecular weight is 316 g/mol. The Bertz CT molecular complexity index is 624. The summed E-state index contributed by atoms with van der Waals surface area (Å²) in [5.41, 5.74) is 2.31. The number of rotatable bonds is 2. The molecule has 0 aliphatic rings. The minimum absolute atomic E-state index is 0.190. The van der Waals surface area contributed by atoms with Crippen LogP contribution in [0.3, 0.4) is 0 Å². The van der Waals surface area contributed by atoms with Crippen LogP contribution in [0.25, 0.3) is 11.3 Å². The lowest BCUT2D eigenvalue weighted by Crippen LogP contribution is -2.02. The van der Waals surface area contributed by atoms with Crippen LogP contribution in [0, 0.1) is 6.92 Å². The van der Waals surface area contributed by atoms with Crippen LogP contribution in [-0.4, -0.2) is 9.97 Å². The predicted octanol–water partition coefficient (Wildman–Crippen LogP) is 5.54. The molecule has 2 nitrogen and oxygen atoms in total. The first-order valence-corrected chi connectivity index (χ1v) is 7.03. The number of nitrogens with zero attached hydrogens (tertiary/aromatic N) is 2. The molecule has 0 N–H and O–H groups in total. The van der Waals surface area contributed by atoms with Gasteiger partial charge in [-0.05, 0) is 25.1 Å². The van der Waals surface area contributed by atoms with Gasteiger partial charge in [0.2, 0.25) is 0 Å². The lowest BCUT2D eigenvalue weighted by molar-refractivity contribution is 0.773. The molecule has 19 heavy (non-hydrogen) atoms. The van der Waals surface area contributed by atoms with Gasteiger partial charge in [0, 0.05) is 22.1 Å². The number of hydrogen-bond acceptors (Lipinski definition) is 2. The molecule has 2 aromatic rings. The van der Waals surface area contributed by atoms with Crippen LogP contribution < -0.4 is 0 Å². The highest BCUT2D eigenvalue weighted by Crippen LogP contribution is 2.34. The van der Waals surface area contributed by atoms with E-state index in [1.807, 2.05) is 20.8 Å². The zero-order valence-electron chi connectivity index (χ0n) is 10.8. The van der Waals surface area contributed by atoms with Crippen LogP contribution in [0.4, 0.5) is 0 Å². The Labute approximate surface area is 127 Å². The van der Waals surface area contributed by atoms with Crippen molar-refractivity contribution in [3.8, 4) is 11.3 Å². The third-order valence-corrected chi connectivity index (χ3v) is 3.74. The minimum Gasteiger partial charge on any atom is -0.232 e. The van der Waals surface area contributed by atoms with Gasteiger partial charge in [0.1, 0.15) is 11.0 Å². The molecule has 0 amide bonds. The molecule has 0 atom stereocenters. The first kappa shape index (κ1) is 14.6. The Morgan fingerprint density at radius 1 is 1.05 bits per heavy atom. The molecule has 1 aromatic heterocycles. The van der Waals surface area contributed by atoms with Gasteiger partial charge in [0.15, 0.2) is 0 Å². The molecule has 100 valence electrons. The molecule has 0 fully saturated rings. The Morgan fingerprint density at radius 3 is 2.37 bits per heavy atom. The van der Waals surface area contributed by atoms with Crippen molar-refractivity contribution in [2.75, 3.05) is 0 Å². The van der Waals surface area contributed by atoms with Crippen LogP contribution in [-0.2, 0) is 0 Å². The number of aromatic nitrogens is 2. The monoisotopic (exact) mass is 314 g/mol. The maximum Gasteiger partial charge on any atom is 0.136 e. The van der Waals surface area contributed by atoms with E-state index in [-0.39, 0.29) is 5.92 Å². The summed E-state index contributed by atoms with van der Waals surface area (Å²) in [5, 5.41) is 1.65. The molecule has 0 saturated carbocycles. The van der Waals surface area contributed by atoms with E-state index in [2.05, 4.69) is 9.97 Å². The average Bonchev–Trinajstić information content (AvgIpc) is 2.35. The number of benzene rings is 1. The summed E-state index contributed by atoms with van der Waals surface area (Å²) in [6.45, 7) is 5.91. The molecule has 0 unspecified atom stereocenters. The van der Waals surface area contributed by atoms with Crippen LogP contribution in [0.1, 0.15) is 31.2 Å². The fraction of sp³-hybridized carbons (Fsp3) is 0.286. The summed E-state index contributed by atoms with van der Waals surface area (Å²) in [5.74, 6) is 0.886. The topological polar surface area (TPSA) is 25.8 Å². The molecule has 2 rings (SSSR count). The Balaban J connectivity index is 2.70. The highest BCUT2D eigenvalue weighted by Gasteiger charge is 2.15. The van der Waals surface area contributed by atoms with Crippen LogP contribution in [0.2, 0.25) is 15.2 Å². The van der Waals surface area contributed by atoms with Gasteiger partial charge in [-0.2, -0.15) is 0 Å². The van der Waals surface area contributed by atoms with Gasteiger partial charge >= 0.3 is 0 Å². The van der Waals surface area contributed by atoms with E-state index in [1.165, 1.54) is 0 Å². The molecular formula is C14H13Cl3N2. The lowest BCUT2D eigenvalue weighted by atomic mass is 10.1. The largest absolute Gasteiger partial charge is 0.232 e. The summed E-state index contributed by atoms with van der Waals surface area (Å²) in [6, 6.07) is 5.29. The van der Waals surface area contributed by atoms with Gasteiger partial charge in [-0.25, -0.2) is 9.97 Å². The molecule has 1 heterocycles. The summed E-state index contributed by atoms with van der Waals surface area (Å²) >= 11 is 18.4. The summed E-state index contributed by atoms with van der Waals surface area (Å²) in [6.07, 6.45) is 0. The van der Waals surface area contributed by atoms with E-state index in [1.54, 1.807) is 18.2 Å². The van der Waals surface area contributed by atoms with Gasteiger partial charge < -0.3 is 0 Å². The van der Waals surface area contributed by atoms with Crippen LogP contribution in [0.15, 0.2) is 18.2 Å². The molecule has 0 saturated heterocycles. The zero-order chi connectivity index (χ0) is 14.2. The van der Waals surface area contributed by atoms with E-state index in [0.29, 0.717) is 21.0 Å². The fourth-order valence-electron chi connectivity index (χ4n) is 1.70. The minimum atomic E-state index is 0.190. The zero-order valence-corrected chi connectivity index (χ0v) is 13.1. The van der Waals surface area contributed by atoms with E-state index >= 15 is 0 Å². The fourth-order valence-corrected chi connectivity index (χ4v) is 2.26. The van der Waals surface area contributed by atoms with Crippen molar-refractivity contribution >= 4 is 34.8 Å². The van der Waals surface area contributed by atoms with Crippen molar-refractivity contribution < 1.29 is 0 Å². The first-order valence-electron chi connectivity index (χ1n) is 5.89. The second-order valence-electron chi connectivity index (χ2n) is 4.63. The van der Waals surface area contributed by atoms with Gasteiger partial charge in [0.25, 0.3) is 0 Å². The van der Waals surface area contributed by atoms with Gasteiger partial charge in [-0.15, -0.1) is 0 Å². The van der Waals surface area contributed by atoms with Crippen molar-refractivity contribution in [3.63, 3.8) is 0 Å². The second kappa shape index (κ2) is 5.66.